The highest BCUT2D eigenvalue weighted by Gasteiger charge is 2.17. The molecule has 4 nitrogen and oxygen atoms in total. The van der Waals surface area contributed by atoms with Crippen molar-refractivity contribution in [3.63, 3.8) is 0 Å². The Hall–Kier alpha value is -0.910. The lowest BCUT2D eigenvalue weighted by Gasteiger charge is -2.15. The quantitative estimate of drug-likeness (QED) is 0.813. The third-order valence-electron chi connectivity index (χ3n) is 3.21. The van der Waals surface area contributed by atoms with Gasteiger partial charge in [0.2, 0.25) is 10.0 Å². The fourth-order valence-electron chi connectivity index (χ4n) is 1.90. The number of hydrogen-bond acceptors (Lipinski definition) is 3. The van der Waals surface area contributed by atoms with E-state index in [2.05, 4.69) is 18.6 Å². The first-order valence-corrected chi connectivity index (χ1v) is 8.51. The minimum absolute atomic E-state index is 0.0844. The third kappa shape index (κ3) is 5.23. The monoisotopic (exact) mass is 299 g/mol. The van der Waals surface area contributed by atoms with Crippen molar-refractivity contribution < 1.29 is 13.5 Å². The van der Waals surface area contributed by atoms with Crippen LogP contribution in [0.1, 0.15) is 52.2 Å². The molecule has 2 unspecified atom stereocenters. The molecule has 0 fully saturated rings. The van der Waals surface area contributed by atoms with Gasteiger partial charge in [-0.05, 0) is 50.3 Å². The molecule has 1 rings (SSSR count). The first-order chi connectivity index (χ1) is 9.22. The maximum absolute atomic E-state index is 12.2. The first-order valence-electron chi connectivity index (χ1n) is 7.02. The molecule has 20 heavy (non-hydrogen) atoms. The number of hydrogen-bond donors (Lipinski definition) is 2. The third-order valence-corrected chi connectivity index (χ3v) is 4.81. The van der Waals surface area contributed by atoms with Crippen molar-refractivity contribution in [1.82, 2.24) is 4.72 Å². The minimum Gasteiger partial charge on any atom is -0.389 e. The highest BCUT2D eigenvalue weighted by molar-refractivity contribution is 7.89. The van der Waals surface area contributed by atoms with E-state index >= 15 is 0 Å². The number of aliphatic hydroxyl groups is 1. The molecule has 5 heteroatoms. The predicted molar refractivity (Wildman–Crippen MR) is 80.9 cm³/mol. The zero-order valence-corrected chi connectivity index (χ0v) is 13.4. The van der Waals surface area contributed by atoms with Crippen LogP contribution in [-0.2, 0) is 10.0 Å². The molecule has 1 aromatic rings. The van der Waals surface area contributed by atoms with Crippen molar-refractivity contribution in [2.45, 2.75) is 57.6 Å². The molecule has 0 amide bonds. The van der Waals surface area contributed by atoms with E-state index in [-0.39, 0.29) is 10.9 Å². The molecule has 1 aromatic carbocycles. The fourth-order valence-corrected chi connectivity index (χ4v) is 3.18. The summed E-state index contributed by atoms with van der Waals surface area (Å²) in [6.07, 6.45) is 1.22. The van der Waals surface area contributed by atoms with Gasteiger partial charge in [-0.25, -0.2) is 13.1 Å². The molecule has 0 heterocycles. The van der Waals surface area contributed by atoms with E-state index in [0.29, 0.717) is 11.5 Å². The van der Waals surface area contributed by atoms with Crippen molar-refractivity contribution in [3.8, 4) is 0 Å². The maximum atomic E-state index is 12.2. The Balaban J connectivity index is 2.73. The largest absolute Gasteiger partial charge is 0.389 e. The van der Waals surface area contributed by atoms with Crippen LogP contribution < -0.4 is 4.72 Å². The van der Waals surface area contributed by atoms with Gasteiger partial charge in [-0.15, -0.1) is 0 Å². The van der Waals surface area contributed by atoms with Gasteiger partial charge in [0.15, 0.2) is 0 Å². The Bertz CT molecular complexity index is 506. The second kappa shape index (κ2) is 7.20. The molecule has 0 bridgehead atoms. The van der Waals surface area contributed by atoms with E-state index in [4.69, 9.17) is 0 Å². The predicted octanol–water partition coefficient (Wildman–Crippen LogP) is 2.84. The molecule has 0 radical (unpaired) electrons. The molecule has 0 saturated carbocycles. The Labute approximate surface area is 122 Å². The molecule has 0 spiro atoms. The van der Waals surface area contributed by atoms with Gasteiger partial charge in [-0.3, -0.25) is 0 Å². The van der Waals surface area contributed by atoms with E-state index in [1.807, 2.05) is 6.92 Å². The SMILES string of the molecule is CC(C)CCC(C)NS(=O)(=O)c1ccc(C(C)O)cc1. The van der Waals surface area contributed by atoms with Crippen molar-refractivity contribution in [2.75, 3.05) is 0 Å². The number of sulfonamides is 1. The number of benzene rings is 1. The number of nitrogens with one attached hydrogen (secondary N) is 1. The summed E-state index contributed by atoms with van der Waals surface area (Å²) in [7, 11) is -3.48. The zero-order valence-electron chi connectivity index (χ0n) is 12.6. The van der Waals surface area contributed by atoms with Gasteiger partial charge in [0, 0.05) is 6.04 Å². The summed E-state index contributed by atoms with van der Waals surface area (Å²) < 4.78 is 27.1. The van der Waals surface area contributed by atoms with E-state index < -0.39 is 16.1 Å². The lowest BCUT2D eigenvalue weighted by atomic mass is 10.1. The van der Waals surface area contributed by atoms with Gasteiger partial charge >= 0.3 is 0 Å². The van der Waals surface area contributed by atoms with Crippen LogP contribution in [0.25, 0.3) is 0 Å². The fraction of sp³-hybridized carbons (Fsp3) is 0.600. The normalized spacial score (nSPS) is 15.3. The molecule has 0 aliphatic carbocycles. The Morgan fingerprint density at radius 1 is 1.05 bits per heavy atom. The summed E-state index contributed by atoms with van der Waals surface area (Å²) in [5.41, 5.74) is 0.705. The topological polar surface area (TPSA) is 66.4 Å². The van der Waals surface area contributed by atoms with Crippen molar-refractivity contribution in [2.24, 2.45) is 5.92 Å². The minimum atomic E-state index is -3.48. The highest BCUT2D eigenvalue weighted by Crippen LogP contribution is 2.17. The van der Waals surface area contributed by atoms with Gasteiger partial charge in [0.1, 0.15) is 0 Å². The smallest absolute Gasteiger partial charge is 0.240 e. The molecular weight excluding hydrogens is 274 g/mol. The van der Waals surface area contributed by atoms with E-state index in [1.54, 1.807) is 19.1 Å². The first kappa shape index (κ1) is 17.1. The molecule has 0 aliphatic heterocycles. The maximum Gasteiger partial charge on any atom is 0.240 e. The summed E-state index contributed by atoms with van der Waals surface area (Å²) in [5.74, 6) is 0.562. The summed E-state index contributed by atoms with van der Waals surface area (Å²) in [6.45, 7) is 7.77. The number of rotatable bonds is 7. The van der Waals surface area contributed by atoms with Crippen molar-refractivity contribution in [3.05, 3.63) is 29.8 Å². The van der Waals surface area contributed by atoms with E-state index in [1.165, 1.54) is 12.1 Å². The van der Waals surface area contributed by atoms with Crippen LogP contribution in [0.3, 0.4) is 0 Å². The van der Waals surface area contributed by atoms with Crippen LogP contribution in [0.4, 0.5) is 0 Å². The van der Waals surface area contributed by atoms with Crippen LogP contribution in [0.15, 0.2) is 29.2 Å². The average Bonchev–Trinajstić information content (AvgIpc) is 2.36. The standard InChI is InChI=1S/C15H25NO3S/c1-11(2)5-6-12(3)16-20(18,19)15-9-7-14(8-10-15)13(4)17/h7-13,16-17H,5-6H2,1-4H3. The van der Waals surface area contributed by atoms with Crippen LogP contribution in [0, 0.1) is 5.92 Å². The lowest BCUT2D eigenvalue weighted by molar-refractivity contribution is 0.199. The summed E-state index contributed by atoms with van der Waals surface area (Å²) in [5, 5.41) is 9.42. The van der Waals surface area contributed by atoms with E-state index in [0.717, 1.165) is 12.8 Å². The zero-order chi connectivity index (χ0) is 15.3. The van der Waals surface area contributed by atoms with Crippen LogP contribution in [-0.4, -0.2) is 19.6 Å². The van der Waals surface area contributed by atoms with Crippen LogP contribution in [0.5, 0.6) is 0 Å². The van der Waals surface area contributed by atoms with Crippen LogP contribution in [0.2, 0.25) is 0 Å². The lowest BCUT2D eigenvalue weighted by Crippen LogP contribution is -2.32. The summed E-state index contributed by atoms with van der Waals surface area (Å²) in [4.78, 5) is 0.235. The molecule has 0 aromatic heterocycles. The summed E-state index contributed by atoms with van der Waals surface area (Å²) in [6, 6.07) is 6.24. The molecular formula is C15H25NO3S. The number of aliphatic hydroxyl groups excluding tert-OH is 1. The van der Waals surface area contributed by atoms with Crippen LogP contribution >= 0.6 is 0 Å². The molecule has 0 saturated heterocycles. The average molecular weight is 299 g/mol. The molecule has 2 atom stereocenters. The molecule has 0 aliphatic rings. The Morgan fingerprint density at radius 3 is 2.05 bits per heavy atom. The van der Waals surface area contributed by atoms with Gasteiger partial charge in [0.25, 0.3) is 0 Å². The second-order valence-corrected chi connectivity index (χ2v) is 7.45. The Kier molecular flexibility index (Phi) is 6.17. The van der Waals surface area contributed by atoms with Gasteiger partial charge in [-0.1, -0.05) is 26.0 Å². The van der Waals surface area contributed by atoms with E-state index in [9.17, 15) is 13.5 Å². The molecule has 2 N–H and O–H groups in total. The highest BCUT2D eigenvalue weighted by atomic mass is 32.2. The van der Waals surface area contributed by atoms with Gasteiger partial charge < -0.3 is 5.11 Å². The second-order valence-electron chi connectivity index (χ2n) is 5.74. The Morgan fingerprint density at radius 2 is 1.60 bits per heavy atom. The van der Waals surface area contributed by atoms with Crippen molar-refractivity contribution >= 4 is 10.0 Å². The van der Waals surface area contributed by atoms with Gasteiger partial charge in [-0.2, -0.15) is 0 Å². The molecule has 114 valence electrons. The van der Waals surface area contributed by atoms with Crippen molar-refractivity contribution in [1.29, 1.82) is 0 Å². The van der Waals surface area contributed by atoms with Gasteiger partial charge in [0.05, 0.1) is 11.0 Å². The summed E-state index contributed by atoms with van der Waals surface area (Å²) >= 11 is 0.